The second kappa shape index (κ2) is 31.5. The highest BCUT2D eigenvalue weighted by atomic mass is 14.3. The second-order valence-electron chi connectivity index (χ2n) is 31.9. The van der Waals surface area contributed by atoms with Gasteiger partial charge in [-0.3, -0.25) is 0 Å². The fraction of sp³-hybridized carbons (Fsp3) is 0. The summed E-state index contributed by atoms with van der Waals surface area (Å²) >= 11 is 0. The standard InChI is InChI=1S/C42H28.2C40H26/c1-3-13-29(14-4-1)33-25-26-39(40(28-33)31-16-5-2-6-17-31)42-37-21-11-9-19-35(37)41(36-20-10-12-22-38(36)42)34-24-23-30-15-7-8-18-32(30)27-34;1-2-13-28(14-3-1)33-25-24-29-15-6-7-17-32(29)39(33)40-36-20-10-8-18-34(36)38(35-19-9-11-21-37(35)40)31-23-22-27-12-4-5-16-30(27)26-31;1-2-12-27(13-3-1)32-25-30-16-6-7-17-33(30)38(26-32)40-36-20-10-8-18-34(36)39(35-19-9-11-21-37(35)40)31-23-22-28-14-4-5-15-29(28)24-31/h1-28H;2*1-26H. The Labute approximate surface area is 710 Å². The van der Waals surface area contributed by atoms with E-state index in [1.807, 2.05) is 0 Å². The lowest BCUT2D eigenvalue weighted by atomic mass is 9.82. The van der Waals surface area contributed by atoms with Crippen molar-refractivity contribution >= 4 is 118 Å². The van der Waals surface area contributed by atoms with Crippen LogP contribution in [0, 0.1) is 0 Å². The quantitative estimate of drug-likeness (QED) is 0.120. The smallest absolute Gasteiger partial charge is 0.00139 e. The van der Waals surface area contributed by atoms with Crippen molar-refractivity contribution in [2.45, 2.75) is 0 Å². The molecule has 0 amide bonds. The molecule has 24 aromatic rings. The van der Waals surface area contributed by atoms with E-state index in [1.165, 1.54) is 230 Å². The molecule has 24 aromatic carbocycles. The van der Waals surface area contributed by atoms with Crippen molar-refractivity contribution in [2.75, 3.05) is 0 Å². The summed E-state index contributed by atoms with van der Waals surface area (Å²) in [6.45, 7) is 0. The van der Waals surface area contributed by atoms with E-state index in [2.05, 4.69) is 485 Å². The number of hydrogen-bond donors (Lipinski definition) is 0. The molecule has 0 bridgehead atoms. The van der Waals surface area contributed by atoms with Crippen molar-refractivity contribution < 1.29 is 0 Å². The van der Waals surface area contributed by atoms with Gasteiger partial charge in [-0.05, 0) is 266 Å². The molecule has 0 fully saturated rings. The Kier molecular flexibility index (Phi) is 18.8. The summed E-state index contributed by atoms with van der Waals surface area (Å²) in [7, 11) is 0. The molecule has 0 aliphatic rings. The second-order valence-corrected chi connectivity index (χ2v) is 31.9. The first-order valence-electron chi connectivity index (χ1n) is 42.3. The van der Waals surface area contributed by atoms with Gasteiger partial charge in [-0.15, -0.1) is 0 Å². The molecule has 568 valence electrons. The monoisotopic (exact) mass is 1540 g/mol. The third kappa shape index (κ3) is 13.2. The molecular formula is C122H80. The molecule has 0 atom stereocenters. The summed E-state index contributed by atoms with van der Waals surface area (Å²) in [5.41, 5.74) is 25.2. The summed E-state index contributed by atoms with van der Waals surface area (Å²) in [5, 5.41) is 27.9. The fourth-order valence-electron chi connectivity index (χ4n) is 19.3. The zero-order chi connectivity index (χ0) is 80.8. The van der Waals surface area contributed by atoms with E-state index in [1.54, 1.807) is 0 Å². The van der Waals surface area contributed by atoms with E-state index in [-0.39, 0.29) is 0 Å². The average Bonchev–Trinajstić information content (AvgIpc) is 0.731. The van der Waals surface area contributed by atoms with Crippen LogP contribution < -0.4 is 0 Å². The van der Waals surface area contributed by atoms with Crippen molar-refractivity contribution in [2.24, 2.45) is 0 Å². The molecule has 0 unspecified atom stereocenters. The zero-order valence-corrected chi connectivity index (χ0v) is 67.2. The minimum absolute atomic E-state index is 1.22. The highest BCUT2D eigenvalue weighted by molar-refractivity contribution is 6.28. The van der Waals surface area contributed by atoms with Crippen LogP contribution in [0.5, 0.6) is 0 Å². The van der Waals surface area contributed by atoms with Gasteiger partial charge in [-0.1, -0.05) is 449 Å². The Hall–Kier alpha value is -15.9. The first-order valence-corrected chi connectivity index (χ1v) is 42.3. The molecule has 0 aliphatic heterocycles. The minimum atomic E-state index is 1.22. The van der Waals surface area contributed by atoms with E-state index in [0.29, 0.717) is 0 Å². The SMILES string of the molecule is c1ccc(-c2cc(-c3c4ccccc4c(-c4ccc5ccccc5c4)c4ccccc34)c3ccccc3c2)cc1.c1ccc(-c2ccc(-c3c4ccccc4c(-c4ccc5ccccc5c4)c4ccccc34)c(-c3ccccc3)c2)cc1.c1ccc(-c2ccc3ccccc3c2-c2c3ccccc3c(-c3ccc4ccccc4c3)c3ccccc23)cc1. The van der Waals surface area contributed by atoms with E-state index in [4.69, 9.17) is 0 Å². The summed E-state index contributed by atoms with van der Waals surface area (Å²) in [5.74, 6) is 0. The topological polar surface area (TPSA) is 0 Å². The van der Waals surface area contributed by atoms with Gasteiger partial charge in [0.05, 0.1) is 0 Å². The van der Waals surface area contributed by atoms with Gasteiger partial charge in [-0.2, -0.15) is 0 Å². The zero-order valence-electron chi connectivity index (χ0n) is 67.2. The normalized spacial score (nSPS) is 11.4. The summed E-state index contributed by atoms with van der Waals surface area (Å²) in [4.78, 5) is 0. The molecule has 0 aromatic heterocycles. The van der Waals surface area contributed by atoms with Crippen LogP contribution in [0.25, 0.3) is 230 Å². The molecular weight excluding hydrogens is 1470 g/mol. The van der Waals surface area contributed by atoms with Crippen molar-refractivity contribution in [3.63, 3.8) is 0 Å². The number of rotatable bonds is 10. The van der Waals surface area contributed by atoms with Crippen molar-refractivity contribution in [3.8, 4) is 111 Å². The molecule has 0 saturated heterocycles. The van der Waals surface area contributed by atoms with Crippen molar-refractivity contribution in [1.82, 2.24) is 0 Å². The largest absolute Gasteiger partial charge is 0.0622 e. The number of hydrogen-bond acceptors (Lipinski definition) is 0. The Morgan fingerprint density at radius 3 is 0.721 bits per heavy atom. The Bertz CT molecular complexity index is 7990. The Balaban J connectivity index is 0.000000109. The van der Waals surface area contributed by atoms with Gasteiger partial charge in [0, 0.05) is 0 Å². The lowest BCUT2D eigenvalue weighted by Gasteiger charge is -2.21. The molecule has 0 aliphatic carbocycles. The molecule has 0 heteroatoms. The van der Waals surface area contributed by atoms with Crippen LogP contribution in [-0.4, -0.2) is 0 Å². The minimum Gasteiger partial charge on any atom is -0.0622 e. The van der Waals surface area contributed by atoms with Gasteiger partial charge in [0.1, 0.15) is 0 Å². The molecule has 24 rings (SSSR count). The summed E-state index contributed by atoms with van der Waals surface area (Å²) in [6, 6.07) is 177. The fourth-order valence-corrected chi connectivity index (χ4v) is 19.3. The van der Waals surface area contributed by atoms with Gasteiger partial charge in [0.2, 0.25) is 0 Å². The lowest BCUT2D eigenvalue weighted by Crippen LogP contribution is -1.94. The van der Waals surface area contributed by atoms with Crippen molar-refractivity contribution in [3.05, 3.63) is 485 Å². The van der Waals surface area contributed by atoms with Gasteiger partial charge in [-0.25, -0.2) is 0 Å². The maximum absolute atomic E-state index is 2.39. The molecule has 0 spiro atoms. The van der Waals surface area contributed by atoms with E-state index in [9.17, 15) is 0 Å². The summed E-state index contributed by atoms with van der Waals surface area (Å²) in [6.07, 6.45) is 0. The average molecular weight is 1550 g/mol. The number of fused-ring (bicyclic) bond motifs is 11. The molecule has 0 radical (unpaired) electrons. The van der Waals surface area contributed by atoms with Crippen LogP contribution in [-0.2, 0) is 0 Å². The van der Waals surface area contributed by atoms with Crippen LogP contribution in [0.15, 0.2) is 485 Å². The number of benzene rings is 24. The highest BCUT2D eigenvalue weighted by Gasteiger charge is 2.25. The van der Waals surface area contributed by atoms with Gasteiger partial charge in [0.25, 0.3) is 0 Å². The highest BCUT2D eigenvalue weighted by Crippen LogP contribution is 2.52. The molecule has 0 heterocycles. The predicted octanol–water partition coefficient (Wildman–Crippen LogP) is 34.4. The molecule has 0 nitrogen and oxygen atoms in total. The van der Waals surface area contributed by atoms with Crippen LogP contribution in [0.2, 0.25) is 0 Å². The van der Waals surface area contributed by atoms with E-state index in [0.717, 1.165) is 0 Å². The molecule has 122 heavy (non-hydrogen) atoms. The first kappa shape index (κ1) is 72.6. The van der Waals surface area contributed by atoms with Crippen LogP contribution in [0.4, 0.5) is 0 Å². The third-order valence-corrected chi connectivity index (χ3v) is 24.9. The van der Waals surface area contributed by atoms with Gasteiger partial charge < -0.3 is 0 Å². The summed E-state index contributed by atoms with van der Waals surface area (Å²) < 4.78 is 0. The van der Waals surface area contributed by atoms with E-state index < -0.39 is 0 Å². The van der Waals surface area contributed by atoms with Crippen molar-refractivity contribution in [1.29, 1.82) is 0 Å². The maximum Gasteiger partial charge on any atom is -0.00139 e. The van der Waals surface area contributed by atoms with Gasteiger partial charge in [0.15, 0.2) is 0 Å². The van der Waals surface area contributed by atoms with Crippen LogP contribution >= 0.6 is 0 Å². The first-order chi connectivity index (χ1) is 60.6. The van der Waals surface area contributed by atoms with Crippen LogP contribution in [0.3, 0.4) is 0 Å². The lowest BCUT2D eigenvalue weighted by molar-refractivity contribution is 1.58. The van der Waals surface area contributed by atoms with Crippen LogP contribution in [0.1, 0.15) is 0 Å². The Morgan fingerprint density at radius 1 is 0.0820 bits per heavy atom. The molecule has 0 N–H and O–H groups in total. The Morgan fingerprint density at radius 2 is 0.328 bits per heavy atom. The predicted molar refractivity (Wildman–Crippen MR) is 526 cm³/mol. The van der Waals surface area contributed by atoms with Gasteiger partial charge >= 0.3 is 0 Å². The molecule has 0 saturated carbocycles. The van der Waals surface area contributed by atoms with E-state index >= 15 is 0 Å². The third-order valence-electron chi connectivity index (χ3n) is 24.9. The maximum atomic E-state index is 2.39.